The summed E-state index contributed by atoms with van der Waals surface area (Å²) in [5.41, 5.74) is 1.27. The summed E-state index contributed by atoms with van der Waals surface area (Å²) >= 11 is 5.86. The fourth-order valence-corrected chi connectivity index (χ4v) is 2.01. The molecule has 0 fully saturated rings. The van der Waals surface area contributed by atoms with Crippen molar-refractivity contribution in [1.82, 2.24) is 0 Å². The zero-order chi connectivity index (χ0) is 15.2. The highest BCUT2D eigenvalue weighted by Crippen LogP contribution is 2.20. The van der Waals surface area contributed by atoms with Crippen LogP contribution in [0.3, 0.4) is 0 Å². The number of hydrogen-bond acceptors (Lipinski definition) is 2. The lowest BCUT2D eigenvalue weighted by Crippen LogP contribution is -2.09. The van der Waals surface area contributed by atoms with Gasteiger partial charge in [-0.1, -0.05) is 35.9 Å². The standard InChI is InChI=1S/C16H13ClFNO2/c17-13-5-3-6-14(18)12(13)8-9-16(21)19-15-7-2-1-4-11(15)10-20/h1-9,20H,10H2,(H,19,21). The van der Waals surface area contributed by atoms with Gasteiger partial charge in [0, 0.05) is 22.9 Å². The predicted octanol–water partition coefficient (Wildman–Crippen LogP) is 3.62. The first-order valence-corrected chi connectivity index (χ1v) is 6.61. The van der Waals surface area contributed by atoms with Gasteiger partial charge < -0.3 is 10.4 Å². The summed E-state index contributed by atoms with van der Waals surface area (Å²) in [5, 5.41) is 12.0. The van der Waals surface area contributed by atoms with Crippen LogP contribution in [-0.4, -0.2) is 11.0 Å². The van der Waals surface area contributed by atoms with Gasteiger partial charge in [0.2, 0.25) is 5.91 Å². The van der Waals surface area contributed by atoms with E-state index >= 15 is 0 Å². The van der Waals surface area contributed by atoms with Crippen LogP contribution < -0.4 is 5.32 Å². The van der Waals surface area contributed by atoms with E-state index in [0.29, 0.717) is 11.3 Å². The van der Waals surface area contributed by atoms with Crippen molar-refractivity contribution in [3.8, 4) is 0 Å². The molecule has 0 atom stereocenters. The predicted molar refractivity (Wildman–Crippen MR) is 81.4 cm³/mol. The van der Waals surface area contributed by atoms with Gasteiger partial charge in [0.25, 0.3) is 0 Å². The summed E-state index contributed by atoms with van der Waals surface area (Å²) in [6.45, 7) is -0.181. The quantitative estimate of drug-likeness (QED) is 0.848. The molecule has 0 saturated heterocycles. The second-order valence-corrected chi connectivity index (χ2v) is 4.68. The molecule has 2 rings (SSSR count). The molecule has 0 aromatic heterocycles. The lowest BCUT2D eigenvalue weighted by atomic mass is 10.1. The molecule has 0 aliphatic rings. The van der Waals surface area contributed by atoms with Crippen LogP contribution in [0.15, 0.2) is 48.5 Å². The molecule has 2 aromatic carbocycles. The van der Waals surface area contributed by atoms with Gasteiger partial charge in [0.15, 0.2) is 0 Å². The minimum absolute atomic E-state index is 0.157. The van der Waals surface area contributed by atoms with Crippen LogP contribution in [0.4, 0.5) is 10.1 Å². The Morgan fingerprint density at radius 3 is 2.71 bits per heavy atom. The van der Waals surface area contributed by atoms with Gasteiger partial charge in [0.1, 0.15) is 5.82 Å². The van der Waals surface area contributed by atoms with Gasteiger partial charge >= 0.3 is 0 Å². The molecule has 5 heteroatoms. The number of aliphatic hydroxyl groups is 1. The Morgan fingerprint density at radius 1 is 1.24 bits per heavy atom. The number of carbonyl (C=O) groups is 1. The average Bonchev–Trinajstić information content (AvgIpc) is 2.47. The van der Waals surface area contributed by atoms with Crippen LogP contribution in [0.2, 0.25) is 5.02 Å². The van der Waals surface area contributed by atoms with Gasteiger partial charge in [-0.05, 0) is 24.3 Å². The first-order chi connectivity index (χ1) is 10.1. The second-order valence-electron chi connectivity index (χ2n) is 4.27. The number of para-hydroxylation sites is 1. The summed E-state index contributed by atoms with van der Waals surface area (Å²) in [7, 11) is 0. The zero-order valence-corrected chi connectivity index (χ0v) is 11.8. The maximum Gasteiger partial charge on any atom is 0.248 e. The molecule has 0 spiro atoms. The number of aliphatic hydroxyl groups excluding tert-OH is 1. The lowest BCUT2D eigenvalue weighted by molar-refractivity contribution is -0.111. The van der Waals surface area contributed by atoms with Crippen molar-refractivity contribution in [2.24, 2.45) is 0 Å². The highest BCUT2D eigenvalue weighted by Gasteiger charge is 2.06. The number of amides is 1. The summed E-state index contributed by atoms with van der Waals surface area (Å²) in [5.74, 6) is -0.933. The molecule has 2 aromatic rings. The maximum absolute atomic E-state index is 13.5. The van der Waals surface area contributed by atoms with Crippen LogP contribution >= 0.6 is 11.6 Å². The fraction of sp³-hybridized carbons (Fsp3) is 0.0625. The number of halogens is 2. The van der Waals surface area contributed by atoms with E-state index in [-0.39, 0.29) is 17.2 Å². The molecule has 0 bridgehead atoms. The Labute approximate surface area is 126 Å². The third-order valence-electron chi connectivity index (χ3n) is 2.85. The Morgan fingerprint density at radius 2 is 2.00 bits per heavy atom. The Hall–Kier alpha value is -2.17. The number of carbonyl (C=O) groups excluding carboxylic acids is 1. The van der Waals surface area contributed by atoms with Crippen molar-refractivity contribution in [2.45, 2.75) is 6.61 Å². The van der Waals surface area contributed by atoms with Gasteiger partial charge in [-0.3, -0.25) is 4.79 Å². The van der Waals surface area contributed by atoms with Crippen molar-refractivity contribution >= 4 is 29.3 Å². The average molecular weight is 306 g/mol. The van der Waals surface area contributed by atoms with E-state index in [1.54, 1.807) is 30.3 Å². The summed E-state index contributed by atoms with van der Waals surface area (Å²) in [6, 6.07) is 11.2. The molecule has 21 heavy (non-hydrogen) atoms. The number of rotatable bonds is 4. The molecule has 0 saturated carbocycles. The molecule has 0 radical (unpaired) electrons. The van der Waals surface area contributed by atoms with Crippen molar-refractivity contribution in [2.75, 3.05) is 5.32 Å². The number of hydrogen-bond donors (Lipinski definition) is 2. The van der Waals surface area contributed by atoms with Crippen molar-refractivity contribution < 1.29 is 14.3 Å². The number of anilines is 1. The first-order valence-electron chi connectivity index (χ1n) is 6.23. The van der Waals surface area contributed by atoms with Crippen LogP contribution in [0.25, 0.3) is 6.08 Å². The van der Waals surface area contributed by atoms with Crippen molar-refractivity contribution in [1.29, 1.82) is 0 Å². The highest BCUT2D eigenvalue weighted by atomic mass is 35.5. The van der Waals surface area contributed by atoms with E-state index in [1.165, 1.54) is 24.3 Å². The Kier molecular flexibility index (Phi) is 5.09. The van der Waals surface area contributed by atoms with Crippen molar-refractivity contribution in [3.05, 3.63) is 70.5 Å². The Balaban J connectivity index is 2.13. The van der Waals surface area contributed by atoms with E-state index in [9.17, 15) is 14.3 Å². The molecule has 0 heterocycles. The maximum atomic E-state index is 13.5. The van der Waals surface area contributed by atoms with E-state index in [2.05, 4.69) is 5.32 Å². The van der Waals surface area contributed by atoms with Crippen molar-refractivity contribution in [3.63, 3.8) is 0 Å². The van der Waals surface area contributed by atoms with Gasteiger partial charge in [-0.25, -0.2) is 4.39 Å². The second kappa shape index (κ2) is 7.02. The topological polar surface area (TPSA) is 49.3 Å². The third kappa shape index (κ3) is 3.90. The molecule has 108 valence electrons. The molecule has 2 N–H and O–H groups in total. The third-order valence-corrected chi connectivity index (χ3v) is 3.18. The molecular weight excluding hydrogens is 293 g/mol. The molecule has 0 unspecified atom stereocenters. The molecule has 3 nitrogen and oxygen atoms in total. The summed E-state index contributed by atoms with van der Waals surface area (Å²) in [4.78, 5) is 11.8. The van der Waals surface area contributed by atoms with Crippen LogP contribution in [0, 0.1) is 5.82 Å². The van der Waals surface area contributed by atoms with Gasteiger partial charge in [0.05, 0.1) is 11.6 Å². The number of benzene rings is 2. The van der Waals surface area contributed by atoms with Crippen LogP contribution in [0.5, 0.6) is 0 Å². The van der Waals surface area contributed by atoms with Crippen LogP contribution in [-0.2, 0) is 11.4 Å². The Bertz CT molecular complexity index is 665. The molecule has 0 aliphatic carbocycles. The number of nitrogens with one attached hydrogen (secondary N) is 1. The largest absolute Gasteiger partial charge is 0.392 e. The normalized spacial score (nSPS) is 10.8. The van der Waals surface area contributed by atoms with E-state index in [4.69, 9.17) is 11.6 Å². The lowest BCUT2D eigenvalue weighted by Gasteiger charge is -2.07. The zero-order valence-electron chi connectivity index (χ0n) is 11.0. The van der Waals surface area contributed by atoms with E-state index in [1.807, 2.05) is 0 Å². The molecule has 0 aliphatic heterocycles. The first kappa shape index (κ1) is 15.2. The fourth-order valence-electron chi connectivity index (χ4n) is 1.78. The SMILES string of the molecule is O=C(C=Cc1c(F)cccc1Cl)Nc1ccccc1CO. The monoisotopic (exact) mass is 305 g/mol. The molecule has 1 amide bonds. The van der Waals surface area contributed by atoms with Gasteiger partial charge in [-0.15, -0.1) is 0 Å². The highest BCUT2D eigenvalue weighted by molar-refractivity contribution is 6.32. The van der Waals surface area contributed by atoms with E-state index < -0.39 is 11.7 Å². The van der Waals surface area contributed by atoms with Gasteiger partial charge in [-0.2, -0.15) is 0 Å². The minimum atomic E-state index is -0.498. The summed E-state index contributed by atoms with van der Waals surface area (Å²) < 4.78 is 13.5. The van der Waals surface area contributed by atoms with Crippen LogP contribution in [0.1, 0.15) is 11.1 Å². The van der Waals surface area contributed by atoms with E-state index in [0.717, 1.165) is 0 Å². The molecular formula is C16H13ClFNO2. The smallest absolute Gasteiger partial charge is 0.248 e. The summed E-state index contributed by atoms with van der Waals surface area (Å²) in [6.07, 6.45) is 2.51. The minimum Gasteiger partial charge on any atom is -0.392 e.